The summed E-state index contributed by atoms with van der Waals surface area (Å²) >= 11 is -2.81. The predicted octanol–water partition coefficient (Wildman–Crippen LogP) is 1.12. The Balaban J connectivity index is 2.17. The highest BCUT2D eigenvalue weighted by Gasteiger charge is 2.33. The van der Waals surface area contributed by atoms with Gasteiger partial charge < -0.3 is 0 Å². The van der Waals surface area contributed by atoms with Gasteiger partial charge in [0.2, 0.25) is 22.8 Å². The number of hydrogen-bond donors (Lipinski definition) is 3. The molecule has 124 valence electrons. The van der Waals surface area contributed by atoms with Gasteiger partial charge in [0.15, 0.2) is 0 Å². The van der Waals surface area contributed by atoms with Crippen molar-refractivity contribution in [2.75, 3.05) is 4.72 Å². The van der Waals surface area contributed by atoms with Crippen LogP contribution in [0.4, 0.5) is 5.69 Å². The molecule has 2 aromatic carbocycles. The molecule has 1 unspecified atom stereocenters. The number of ketones is 2. The van der Waals surface area contributed by atoms with E-state index in [1.807, 2.05) is 4.72 Å². The Labute approximate surface area is 139 Å². The fourth-order valence-corrected chi connectivity index (χ4v) is 3.89. The number of anilines is 1. The number of hydrogen-bond acceptors (Lipinski definition) is 5. The lowest BCUT2D eigenvalue weighted by atomic mass is 9.83. The van der Waals surface area contributed by atoms with Crippen LogP contribution in [0.3, 0.4) is 0 Å². The summed E-state index contributed by atoms with van der Waals surface area (Å²) in [5.41, 5.74) is 0.899. The van der Waals surface area contributed by atoms with Gasteiger partial charge in [0.05, 0.1) is 11.3 Å². The molecule has 0 saturated heterocycles. The van der Waals surface area contributed by atoms with Crippen molar-refractivity contribution in [3.63, 3.8) is 0 Å². The van der Waals surface area contributed by atoms with Crippen LogP contribution in [-0.4, -0.2) is 28.7 Å². The van der Waals surface area contributed by atoms with Crippen LogP contribution in [0.25, 0.3) is 11.1 Å². The van der Waals surface area contributed by atoms with Crippen LogP contribution < -0.4 is 8.85 Å². The summed E-state index contributed by atoms with van der Waals surface area (Å²) in [4.78, 5) is 24.6. The smallest absolute Gasteiger partial charge is 0.293 e. The minimum Gasteiger partial charge on any atom is -0.293 e. The molecule has 0 heterocycles. The number of rotatable bonds is 4. The third kappa shape index (κ3) is 2.87. The monoisotopic (exact) mass is 366 g/mol. The first-order chi connectivity index (χ1) is 11.3. The quantitative estimate of drug-likeness (QED) is 0.549. The maximum absolute atomic E-state index is 12.4. The standard InChI is InChI=1S/C14H10N2O6S2/c17-13-10-5-2-1-4-8(10)9-6-3-7-11(12(9)14(13)18)15-24(21,22)16-23(19)20/h1-7,15-16H,(H,19,20). The zero-order valence-electron chi connectivity index (χ0n) is 11.8. The van der Waals surface area contributed by atoms with E-state index in [1.165, 1.54) is 22.3 Å². The minimum atomic E-state index is -4.40. The topological polar surface area (TPSA) is 130 Å². The van der Waals surface area contributed by atoms with Crippen molar-refractivity contribution >= 4 is 38.7 Å². The number of fused-ring (bicyclic) bond motifs is 3. The first-order valence-corrected chi connectivity index (χ1v) is 9.11. The molecule has 2 aromatic rings. The lowest BCUT2D eigenvalue weighted by Crippen LogP contribution is -2.32. The van der Waals surface area contributed by atoms with E-state index in [0.29, 0.717) is 11.1 Å². The van der Waals surface area contributed by atoms with Gasteiger partial charge in [0, 0.05) is 5.56 Å². The van der Waals surface area contributed by atoms with Crippen LogP contribution in [0, 0.1) is 0 Å². The normalized spacial score (nSPS) is 14.7. The van der Waals surface area contributed by atoms with Crippen molar-refractivity contribution in [1.82, 2.24) is 4.13 Å². The van der Waals surface area contributed by atoms with Gasteiger partial charge in [-0.15, -0.1) is 0 Å². The molecule has 24 heavy (non-hydrogen) atoms. The van der Waals surface area contributed by atoms with E-state index in [2.05, 4.69) is 0 Å². The Morgan fingerprint density at radius 1 is 0.875 bits per heavy atom. The van der Waals surface area contributed by atoms with E-state index in [-0.39, 0.29) is 16.8 Å². The molecule has 1 aliphatic rings. The molecular weight excluding hydrogens is 356 g/mol. The van der Waals surface area contributed by atoms with Gasteiger partial charge in [-0.2, -0.15) is 8.42 Å². The molecule has 0 aliphatic heterocycles. The van der Waals surface area contributed by atoms with Crippen LogP contribution >= 0.6 is 0 Å². The van der Waals surface area contributed by atoms with E-state index < -0.39 is 33.0 Å². The highest BCUT2D eigenvalue weighted by molar-refractivity contribution is 8.00. The molecule has 0 spiro atoms. The second-order valence-electron chi connectivity index (χ2n) is 4.87. The predicted molar refractivity (Wildman–Crippen MR) is 87.0 cm³/mol. The molecule has 3 N–H and O–H groups in total. The molecule has 0 fully saturated rings. The summed E-state index contributed by atoms with van der Waals surface area (Å²) in [6.45, 7) is 0. The highest BCUT2D eigenvalue weighted by atomic mass is 32.3. The van der Waals surface area contributed by atoms with E-state index in [1.54, 1.807) is 24.3 Å². The summed E-state index contributed by atoms with van der Waals surface area (Å²) in [6, 6.07) is 10.9. The molecule has 10 heteroatoms. The molecule has 1 aliphatic carbocycles. The van der Waals surface area contributed by atoms with Crippen LogP contribution in [0.1, 0.15) is 20.7 Å². The zero-order valence-corrected chi connectivity index (χ0v) is 13.5. The Morgan fingerprint density at radius 2 is 1.50 bits per heavy atom. The van der Waals surface area contributed by atoms with Gasteiger partial charge in [-0.05, 0) is 17.2 Å². The second-order valence-corrected chi connectivity index (χ2v) is 7.25. The van der Waals surface area contributed by atoms with E-state index in [0.717, 1.165) is 0 Å². The van der Waals surface area contributed by atoms with Crippen molar-refractivity contribution < 1.29 is 26.8 Å². The molecule has 8 nitrogen and oxygen atoms in total. The van der Waals surface area contributed by atoms with Crippen molar-refractivity contribution in [3.8, 4) is 11.1 Å². The fraction of sp³-hybridized carbons (Fsp3) is 0. The first-order valence-electron chi connectivity index (χ1n) is 6.52. The molecule has 1 atom stereocenters. The third-order valence-corrected chi connectivity index (χ3v) is 5.32. The Bertz CT molecular complexity index is 1000. The Morgan fingerprint density at radius 3 is 2.17 bits per heavy atom. The van der Waals surface area contributed by atoms with Crippen LogP contribution in [-0.2, 0) is 21.5 Å². The van der Waals surface area contributed by atoms with Gasteiger partial charge in [-0.1, -0.05) is 40.5 Å². The van der Waals surface area contributed by atoms with E-state index in [9.17, 15) is 22.2 Å². The summed E-state index contributed by atoms with van der Waals surface area (Å²) in [7, 11) is -4.40. The maximum Gasteiger partial charge on any atom is 0.312 e. The van der Waals surface area contributed by atoms with E-state index >= 15 is 0 Å². The van der Waals surface area contributed by atoms with Gasteiger partial charge >= 0.3 is 10.2 Å². The summed E-state index contributed by atoms with van der Waals surface area (Å²) in [5, 5.41) is 0. The minimum absolute atomic E-state index is 0.102. The third-order valence-electron chi connectivity index (χ3n) is 3.38. The van der Waals surface area contributed by atoms with Crippen molar-refractivity contribution in [2.24, 2.45) is 0 Å². The van der Waals surface area contributed by atoms with Crippen LogP contribution in [0.2, 0.25) is 0 Å². The van der Waals surface area contributed by atoms with Crippen LogP contribution in [0.5, 0.6) is 0 Å². The Hall–Kier alpha value is -2.40. The molecule has 0 radical (unpaired) electrons. The summed E-state index contributed by atoms with van der Waals surface area (Å²) < 4.78 is 46.2. The molecular formula is C14H10N2O6S2. The van der Waals surface area contributed by atoms with Gasteiger partial charge in [0.1, 0.15) is 0 Å². The number of nitrogens with one attached hydrogen (secondary N) is 2. The van der Waals surface area contributed by atoms with Gasteiger partial charge in [0.25, 0.3) is 0 Å². The van der Waals surface area contributed by atoms with Gasteiger partial charge in [-0.25, -0.2) is 4.21 Å². The van der Waals surface area contributed by atoms with Crippen molar-refractivity contribution in [3.05, 3.63) is 53.6 Å². The lowest BCUT2D eigenvalue weighted by molar-refractivity contribution is 0.0816. The molecule has 3 rings (SSSR count). The molecule has 0 saturated carbocycles. The van der Waals surface area contributed by atoms with Crippen molar-refractivity contribution in [1.29, 1.82) is 0 Å². The highest BCUT2D eigenvalue weighted by Crippen LogP contribution is 2.37. The number of benzene rings is 2. The fourth-order valence-electron chi connectivity index (χ4n) is 2.52. The molecule has 0 amide bonds. The van der Waals surface area contributed by atoms with Crippen LogP contribution in [0.15, 0.2) is 42.5 Å². The second kappa shape index (κ2) is 5.91. The summed E-state index contributed by atoms with van der Waals surface area (Å²) in [6.07, 6.45) is 0. The SMILES string of the molecule is O=C1C(=O)c2c(NS(=O)(=O)NS(=O)O)cccc2-c2ccccc21. The lowest BCUT2D eigenvalue weighted by Gasteiger charge is -2.20. The van der Waals surface area contributed by atoms with Crippen molar-refractivity contribution in [2.45, 2.75) is 0 Å². The van der Waals surface area contributed by atoms with E-state index in [4.69, 9.17) is 4.55 Å². The summed E-state index contributed by atoms with van der Waals surface area (Å²) in [5.74, 6) is -1.60. The zero-order chi connectivity index (χ0) is 17.5. The Kier molecular flexibility index (Phi) is 4.05. The van der Waals surface area contributed by atoms with Gasteiger partial charge in [-0.3, -0.25) is 18.9 Å². The largest absolute Gasteiger partial charge is 0.312 e. The first kappa shape index (κ1) is 16.5. The number of carbonyl (C=O) groups excluding carboxylic acids is 2. The molecule has 0 aromatic heterocycles. The number of Topliss-reactive ketones (excluding diaryl/α,β-unsaturated/α-hetero) is 2. The molecule has 0 bridgehead atoms. The average molecular weight is 366 g/mol. The number of carbonyl (C=O) groups is 2. The maximum atomic E-state index is 12.4. The average Bonchev–Trinajstić information content (AvgIpc) is 2.51.